The molecule has 1 fully saturated rings. The molecule has 3 rings (SSSR count). The monoisotopic (exact) mass is 391 g/mol. The third-order valence-electron chi connectivity index (χ3n) is 4.41. The van der Waals surface area contributed by atoms with Crippen LogP contribution in [0, 0.1) is 10.1 Å². The van der Waals surface area contributed by atoms with E-state index in [4.69, 9.17) is 11.6 Å². The van der Waals surface area contributed by atoms with E-state index >= 15 is 0 Å². The van der Waals surface area contributed by atoms with E-state index in [2.05, 4.69) is 15.2 Å². The maximum atomic E-state index is 12.4. The molecule has 1 aromatic heterocycles. The van der Waals surface area contributed by atoms with Crippen molar-refractivity contribution in [3.63, 3.8) is 0 Å². The summed E-state index contributed by atoms with van der Waals surface area (Å²) in [5.74, 6) is -0.733. The Morgan fingerprint density at radius 3 is 2.59 bits per heavy atom. The average Bonchev–Trinajstić information content (AvgIpc) is 2.62. The molecule has 10 heteroatoms. The molecule has 0 aliphatic carbocycles. The van der Waals surface area contributed by atoms with Gasteiger partial charge in [-0.2, -0.15) is 0 Å². The number of hydrogen-bond acceptors (Lipinski definition) is 6. The van der Waals surface area contributed by atoms with E-state index in [1.54, 1.807) is 12.1 Å². The Balaban J connectivity index is 1.87. The number of aromatic nitrogens is 1. The highest BCUT2D eigenvalue weighted by Gasteiger charge is 2.24. The van der Waals surface area contributed by atoms with Gasteiger partial charge < -0.3 is 20.1 Å². The SMILES string of the molecule is CN1CCN(c2ccc(NC(=O)c3c(Cl)cc[nH]c3=O)cc2[N+](=O)[O-])CC1. The van der Waals surface area contributed by atoms with Gasteiger partial charge in [-0.3, -0.25) is 19.7 Å². The first kappa shape index (κ1) is 18.9. The number of nitro groups is 1. The van der Waals surface area contributed by atoms with Crippen molar-refractivity contribution in [2.24, 2.45) is 0 Å². The molecule has 2 aromatic rings. The number of halogens is 1. The lowest BCUT2D eigenvalue weighted by Crippen LogP contribution is -2.44. The van der Waals surface area contributed by atoms with E-state index in [1.807, 2.05) is 11.9 Å². The van der Waals surface area contributed by atoms with Crippen LogP contribution in [0.2, 0.25) is 5.02 Å². The van der Waals surface area contributed by atoms with Gasteiger partial charge in [0.05, 0.1) is 9.95 Å². The van der Waals surface area contributed by atoms with Gasteiger partial charge in [0.2, 0.25) is 0 Å². The molecule has 142 valence electrons. The van der Waals surface area contributed by atoms with Gasteiger partial charge in [0.25, 0.3) is 17.2 Å². The first-order valence-corrected chi connectivity index (χ1v) is 8.65. The maximum absolute atomic E-state index is 12.4. The van der Waals surface area contributed by atoms with Gasteiger partial charge in [-0.1, -0.05) is 11.6 Å². The largest absolute Gasteiger partial charge is 0.363 e. The molecule has 1 saturated heterocycles. The van der Waals surface area contributed by atoms with E-state index in [0.717, 1.165) is 13.1 Å². The van der Waals surface area contributed by atoms with Crippen LogP contribution in [0.25, 0.3) is 0 Å². The van der Waals surface area contributed by atoms with Crippen molar-refractivity contribution < 1.29 is 9.72 Å². The number of nitrogens with zero attached hydrogens (tertiary/aromatic N) is 3. The van der Waals surface area contributed by atoms with Gasteiger partial charge in [0, 0.05) is 44.1 Å². The minimum Gasteiger partial charge on any atom is -0.363 e. The molecule has 0 bridgehead atoms. The summed E-state index contributed by atoms with van der Waals surface area (Å²) in [6.45, 7) is 2.98. The van der Waals surface area contributed by atoms with Gasteiger partial charge in [-0.15, -0.1) is 0 Å². The second-order valence-electron chi connectivity index (χ2n) is 6.23. The Labute approximate surface area is 159 Å². The summed E-state index contributed by atoms with van der Waals surface area (Å²) in [5.41, 5.74) is -0.274. The number of carbonyl (C=O) groups is 1. The van der Waals surface area contributed by atoms with Crippen molar-refractivity contribution in [2.45, 2.75) is 0 Å². The van der Waals surface area contributed by atoms with Crippen LogP contribution in [0.4, 0.5) is 17.1 Å². The van der Waals surface area contributed by atoms with Crippen molar-refractivity contribution in [3.8, 4) is 0 Å². The summed E-state index contributed by atoms with van der Waals surface area (Å²) in [7, 11) is 2.00. The third kappa shape index (κ3) is 4.09. The summed E-state index contributed by atoms with van der Waals surface area (Å²) in [6, 6.07) is 5.85. The van der Waals surface area contributed by atoms with Crippen LogP contribution in [-0.4, -0.2) is 53.9 Å². The second-order valence-corrected chi connectivity index (χ2v) is 6.64. The van der Waals surface area contributed by atoms with Crippen LogP contribution in [0.3, 0.4) is 0 Å². The Morgan fingerprint density at radius 2 is 1.96 bits per heavy atom. The van der Waals surface area contributed by atoms with Crippen molar-refractivity contribution in [3.05, 3.63) is 61.5 Å². The molecule has 27 heavy (non-hydrogen) atoms. The number of amides is 1. The fourth-order valence-corrected chi connectivity index (χ4v) is 3.16. The van der Waals surface area contributed by atoms with Crippen LogP contribution >= 0.6 is 11.6 Å². The molecule has 9 nitrogen and oxygen atoms in total. The molecule has 1 aliphatic heterocycles. The molecular formula is C17H18ClN5O4. The first-order chi connectivity index (χ1) is 12.9. The second kappa shape index (κ2) is 7.77. The lowest BCUT2D eigenvalue weighted by molar-refractivity contribution is -0.384. The van der Waals surface area contributed by atoms with Gasteiger partial charge in [0.1, 0.15) is 11.3 Å². The highest BCUT2D eigenvalue weighted by atomic mass is 35.5. The molecule has 0 unspecified atom stereocenters. The highest BCUT2D eigenvalue weighted by Crippen LogP contribution is 2.32. The summed E-state index contributed by atoms with van der Waals surface area (Å²) < 4.78 is 0. The third-order valence-corrected chi connectivity index (χ3v) is 4.73. The fraction of sp³-hybridized carbons (Fsp3) is 0.294. The number of hydrogen-bond donors (Lipinski definition) is 2. The number of rotatable bonds is 4. The maximum Gasteiger partial charge on any atom is 0.294 e. The zero-order valence-corrected chi connectivity index (χ0v) is 15.3. The van der Waals surface area contributed by atoms with Gasteiger partial charge in [0.15, 0.2) is 0 Å². The number of carbonyl (C=O) groups excluding carboxylic acids is 1. The number of piperazine rings is 1. The molecule has 0 radical (unpaired) electrons. The van der Waals surface area contributed by atoms with E-state index in [1.165, 1.54) is 18.3 Å². The Hall–Kier alpha value is -2.91. The van der Waals surface area contributed by atoms with Crippen LogP contribution in [0.5, 0.6) is 0 Å². The van der Waals surface area contributed by atoms with Crippen molar-refractivity contribution in [1.82, 2.24) is 9.88 Å². The van der Waals surface area contributed by atoms with Crippen molar-refractivity contribution >= 4 is 34.6 Å². The van der Waals surface area contributed by atoms with Crippen LogP contribution in [0.1, 0.15) is 10.4 Å². The van der Waals surface area contributed by atoms with Gasteiger partial charge in [-0.25, -0.2) is 0 Å². The Kier molecular flexibility index (Phi) is 5.43. The fourth-order valence-electron chi connectivity index (χ4n) is 2.92. The summed E-state index contributed by atoms with van der Waals surface area (Å²) >= 11 is 5.91. The number of anilines is 2. The van der Waals surface area contributed by atoms with E-state index in [-0.39, 0.29) is 22.0 Å². The molecular weight excluding hydrogens is 374 g/mol. The quantitative estimate of drug-likeness (QED) is 0.608. The number of likely N-dealkylation sites (N-methyl/N-ethyl adjacent to an activating group) is 1. The van der Waals surface area contributed by atoms with E-state index in [9.17, 15) is 19.7 Å². The molecule has 1 aliphatic rings. The molecule has 1 amide bonds. The number of benzene rings is 1. The first-order valence-electron chi connectivity index (χ1n) is 8.27. The van der Waals surface area contributed by atoms with Crippen LogP contribution < -0.4 is 15.8 Å². The van der Waals surface area contributed by atoms with E-state index < -0.39 is 16.4 Å². The molecule has 2 heterocycles. The lowest BCUT2D eigenvalue weighted by atomic mass is 10.2. The number of aromatic amines is 1. The summed E-state index contributed by atoms with van der Waals surface area (Å²) in [4.78, 5) is 41.7. The zero-order chi connectivity index (χ0) is 19.6. The molecule has 1 aromatic carbocycles. The normalized spacial score (nSPS) is 14.8. The summed E-state index contributed by atoms with van der Waals surface area (Å²) in [6.07, 6.45) is 1.33. The van der Waals surface area contributed by atoms with Crippen LogP contribution in [-0.2, 0) is 0 Å². The standard InChI is InChI=1S/C17H18ClN5O4/c1-21-6-8-22(9-7-21)13-3-2-11(10-14(13)23(26)27)20-17(25)15-12(18)4-5-19-16(15)24/h2-5,10H,6-9H2,1H3,(H,19,24)(H,20,25). The van der Waals surface area contributed by atoms with Gasteiger partial charge >= 0.3 is 0 Å². The lowest BCUT2D eigenvalue weighted by Gasteiger charge is -2.33. The minimum absolute atomic E-state index is 0.000179. The predicted molar refractivity (Wildman–Crippen MR) is 103 cm³/mol. The predicted octanol–water partition coefficient (Wildman–Crippen LogP) is 1.94. The highest BCUT2D eigenvalue weighted by molar-refractivity contribution is 6.34. The molecule has 0 atom stereocenters. The van der Waals surface area contributed by atoms with Crippen molar-refractivity contribution in [2.75, 3.05) is 43.4 Å². The number of nitro benzene ring substituents is 1. The zero-order valence-electron chi connectivity index (χ0n) is 14.6. The van der Waals surface area contributed by atoms with E-state index in [0.29, 0.717) is 18.8 Å². The van der Waals surface area contributed by atoms with Gasteiger partial charge in [-0.05, 0) is 25.2 Å². The summed E-state index contributed by atoms with van der Waals surface area (Å²) in [5, 5.41) is 14.0. The Morgan fingerprint density at radius 1 is 1.26 bits per heavy atom. The van der Waals surface area contributed by atoms with Crippen molar-refractivity contribution in [1.29, 1.82) is 0 Å². The molecule has 0 spiro atoms. The number of H-pyrrole nitrogens is 1. The molecule has 2 N–H and O–H groups in total. The topological polar surface area (TPSA) is 112 Å². The average molecular weight is 392 g/mol. The Bertz CT molecular complexity index is 937. The smallest absolute Gasteiger partial charge is 0.294 e. The number of pyridine rings is 1. The number of nitrogens with one attached hydrogen (secondary N) is 2. The minimum atomic E-state index is -0.733. The van der Waals surface area contributed by atoms with Crippen LogP contribution in [0.15, 0.2) is 35.3 Å². The molecule has 0 saturated carbocycles.